The topological polar surface area (TPSA) is 71.5 Å². The number of pyridine rings is 1. The molecule has 0 aliphatic carbocycles. The molecule has 0 aliphatic heterocycles. The number of aromatic nitrogens is 1. The third-order valence-electron chi connectivity index (χ3n) is 6.19. The predicted molar refractivity (Wildman–Crippen MR) is 146 cm³/mol. The van der Waals surface area contributed by atoms with Crippen LogP contribution in [0, 0.1) is 0 Å². The Labute approximate surface area is 244 Å². The van der Waals surface area contributed by atoms with E-state index in [-0.39, 0.29) is 45.7 Å². The van der Waals surface area contributed by atoms with Crippen LogP contribution in [-0.2, 0) is 12.1 Å². The molecule has 6 nitrogen and oxygen atoms in total. The van der Waals surface area contributed by atoms with Crippen LogP contribution in [0.15, 0.2) is 59.3 Å². The first-order chi connectivity index (χ1) is 19.1. The van der Waals surface area contributed by atoms with E-state index < -0.39 is 34.6 Å². The van der Waals surface area contributed by atoms with Crippen molar-refractivity contribution in [3.63, 3.8) is 0 Å². The van der Waals surface area contributed by atoms with Crippen LogP contribution in [0.3, 0.4) is 0 Å². The number of aryl methyl sites for hydroxylation is 1. The van der Waals surface area contributed by atoms with E-state index >= 15 is 0 Å². The van der Waals surface area contributed by atoms with Crippen molar-refractivity contribution in [2.75, 3.05) is 23.9 Å². The van der Waals surface area contributed by atoms with Crippen molar-refractivity contribution in [3.05, 3.63) is 81.6 Å². The molecule has 3 aromatic rings. The van der Waals surface area contributed by atoms with Crippen molar-refractivity contribution in [3.8, 4) is 5.75 Å². The first-order valence-electron chi connectivity index (χ1n) is 12.0. The van der Waals surface area contributed by atoms with E-state index in [9.17, 15) is 35.9 Å². The van der Waals surface area contributed by atoms with Gasteiger partial charge in [0.25, 0.3) is 11.8 Å². The highest BCUT2D eigenvalue weighted by atomic mass is 79.9. The molecular formula is C27H23BrClF6N3O3. The molecule has 0 aliphatic rings. The lowest BCUT2D eigenvalue weighted by Crippen LogP contribution is -2.49. The summed E-state index contributed by atoms with van der Waals surface area (Å²) in [6.45, 7) is 3.39. The number of carbonyl (C=O) groups is 2. The Morgan fingerprint density at radius 2 is 1.68 bits per heavy atom. The third kappa shape index (κ3) is 6.15. The molecule has 0 spiro atoms. The van der Waals surface area contributed by atoms with Gasteiger partial charge in [0.2, 0.25) is 0 Å². The van der Waals surface area contributed by atoms with Gasteiger partial charge in [-0.15, -0.1) is 0 Å². The van der Waals surface area contributed by atoms with E-state index in [0.717, 1.165) is 0 Å². The van der Waals surface area contributed by atoms with Gasteiger partial charge in [0, 0.05) is 34.5 Å². The second-order valence-corrected chi connectivity index (χ2v) is 9.93. The molecule has 0 saturated carbocycles. The first-order valence-corrected chi connectivity index (χ1v) is 13.1. The summed E-state index contributed by atoms with van der Waals surface area (Å²) in [5.74, 6) is -1.18. The number of amides is 2. The average molecular weight is 667 g/mol. The number of nitrogens with zero attached hydrogens (tertiary/aromatic N) is 2. The zero-order valence-corrected chi connectivity index (χ0v) is 24.1. The predicted octanol–water partition coefficient (Wildman–Crippen LogP) is 7.89. The standard InChI is InChI=1S/C27H23BrClF6N3O3/c1-4-15-13-17(25(30,26(29,31)32)27(33,34)35)14-19(28)21(15)37-23(39)18-7-6-8-20(22(18)41-3)38(5-2)24(40)16-9-11-36-12-10-16/h6-14H,4-5H2,1-3H3,(H,37,39). The number of hydrogen-bond donors (Lipinski definition) is 1. The largest absolute Gasteiger partial charge is 0.494 e. The highest BCUT2D eigenvalue weighted by molar-refractivity contribution is 9.10. The lowest BCUT2D eigenvalue weighted by molar-refractivity contribution is -0.286. The second kappa shape index (κ2) is 12.3. The highest BCUT2D eigenvalue weighted by Crippen LogP contribution is 2.55. The summed E-state index contributed by atoms with van der Waals surface area (Å²) >= 11 is 7.57. The van der Waals surface area contributed by atoms with E-state index in [4.69, 9.17) is 4.74 Å². The Hall–Kier alpha value is -3.32. The van der Waals surface area contributed by atoms with Crippen LogP contribution in [0.4, 0.5) is 37.7 Å². The molecule has 2 aromatic carbocycles. The van der Waals surface area contributed by atoms with Crippen LogP contribution < -0.4 is 15.0 Å². The number of rotatable bonds is 9. The van der Waals surface area contributed by atoms with Gasteiger partial charge in [-0.3, -0.25) is 14.6 Å². The van der Waals surface area contributed by atoms with Crippen molar-refractivity contribution in [1.29, 1.82) is 0 Å². The van der Waals surface area contributed by atoms with Gasteiger partial charge >= 0.3 is 17.2 Å². The summed E-state index contributed by atoms with van der Waals surface area (Å²) in [6.07, 6.45) is -3.23. The number of methoxy groups -OCH3 is 1. The third-order valence-corrected chi connectivity index (χ3v) is 7.08. The minimum atomic E-state index is -6.06. The quantitative estimate of drug-likeness (QED) is 0.186. The monoisotopic (exact) mass is 665 g/mol. The molecular weight excluding hydrogens is 644 g/mol. The van der Waals surface area contributed by atoms with Crippen LogP contribution in [0.1, 0.15) is 45.7 Å². The number of nitrogens with one attached hydrogen (secondary N) is 1. The van der Waals surface area contributed by atoms with Crippen LogP contribution in [0.25, 0.3) is 0 Å². The number of hydrogen-bond acceptors (Lipinski definition) is 4. The molecule has 1 heterocycles. The fourth-order valence-electron chi connectivity index (χ4n) is 4.15. The summed E-state index contributed by atoms with van der Waals surface area (Å²) in [4.78, 5) is 31.8. The van der Waals surface area contributed by atoms with Gasteiger partial charge in [-0.1, -0.05) is 13.0 Å². The summed E-state index contributed by atoms with van der Waals surface area (Å²) in [5.41, 5.74) is -6.29. The number of benzene rings is 2. The molecule has 41 heavy (non-hydrogen) atoms. The Kier molecular flexibility index (Phi) is 9.64. The summed E-state index contributed by atoms with van der Waals surface area (Å²) in [5, 5.41) is -2.81. The fourth-order valence-corrected chi connectivity index (χ4v) is 4.97. The highest BCUT2D eigenvalue weighted by Gasteiger charge is 2.72. The SMILES string of the molecule is CCc1cc(C(F)(C(F)(F)F)C(F)(F)Cl)cc(Br)c1NC(=O)c1cccc(N(CC)C(=O)c2ccncc2)c1OC. The van der Waals surface area contributed by atoms with E-state index in [0.29, 0.717) is 17.7 Å². The van der Waals surface area contributed by atoms with Crippen LogP contribution in [0.5, 0.6) is 5.75 Å². The fraction of sp³-hybridized carbons (Fsp3) is 0.296. The zero-order chi connectivity index (χ0) is 30.8. The van der Waals surface area contributed by atoms with Crippen LogP contribution in [-0.4, -0.2) is 42.0 Å². The van der Waals surface area contributed by atoms with Gasteiger partial charge in [0.15, 0.2) is 5.75 Å². The van der Waals surface area contributed by atoms with E-state index in [1.807, 2.05) is 0 Å². The molecule has 1 aromatic heterocycles. The summed E-state index contributed by atoms with van der Waals surface area (Å²) in [7, 11) is 1.28. The molecule has 0 saturated heterocycles. The maximum Gasteiger partial charge on any atom is 0.434 e. The number of para-hydroxylation sites is 1. The molecule has 1 N–H and O–H groups in total. The maximum absolute atomic E-state index is 15.0. The van der Waals surface area contributed by atoms with Crippen molar-refractivity contribution in [2.45, 2.75) is 37.5 Å². The van der Waals surface area contributed by atoms with Gasteiger partial charge in [-0.2, -0.15) is 22.0 Å². The molecule has 0 bridgehead atoms. The minimum absolute atomic E-state index is 0.0154. The number of halogens is 8. The molecule has 2 amide bonds. The van der Waals surface area contributed by atoms with Crippen molar-refractivity contribution < 1.29 is 40.7 Å². The normalized spacial score (nSPS) is 13.3. The van der Waals surface area contributed by atoms with Crippen molar-refractivity contribution in [1.82, 2.24) is 4.98 Å². The number of ether oxygens (including phenoxy) is 1. The molecule has 0 fully saturated rings. The van der Waals surface area contributed by atoms with Crippen LogP contribution in [0.2, 0.25) is 0 Å². The Morgan fingerprint density at radius 3 is 2.20 bits per heavy atom. The van der Waals surface area contributed by atoms with Gasteiger partial charge in [-0.05, 0) is 82.8 Å². The maximum atomic E-state index is 15.0. The van der Waals surface area contributed by atoms with Gasteiger partial charge < -0.3 is 15.0 Å². The molecule has 3 rings (SSSR count). The number of carbonyl (C=O) groups excluding carboxylic acids is 2. The summed E-state index contributed by atoms with van der Waals surface area (Å²) < 4.78 is 88.2. The van der Waals surface area contributed by atoms with Gasteiger partial charge in [0.1, 0.15) is 0 Å². The van der Waals surface area contributed by atoms with Crippen molar-refractivity contribution >= 4 is 50.7 Å². The second-order valence-electron chi connectivity index (χ2n) is 8.60. The van der Waals surface area contributed by atoms with E-state index in [2.05, 4.69) is 37.8 Å². The average Bonchev–Trinajstić information content (AvgIpc) is 2.92. The summed E-state index contributed by atoms with van der Waals surface area (Å²) in [6, 6.07) is 8.55. The van der Waals surface area contributed by atoms with E-state index in [1.54, 1.807) is 13.0 Å². The molecule has 1 unspecified atom stereocenters. The molecule has 1 atom stereocenters. The van der Waals surface area contributed by atoms with E-state index in [1.165, 1.54) is 55.6 Å². The first kappa shape index (κ1) is 32.2. The Balaban J connectivity index is 2.06. The molecule has 0 radical (unpaired) electrons. The smallest absolute Gasteiger partial charge is 0.434 e. The molecule has 220 valence electrons. The molecule has 14 heteroatoms. The Morgan fingerprint density at radius 1 is 1.05 bits per heavy atom. The van der Waals surface area contributed by atoms with Crippen molar-refractivity contribution in [2.24, 2.45) is 0 Å². The number of alkyl halides is 7. The van der Waals surface area contributed by atoms with Gasteiger partial charge in [-0.25, -0.2) is 4.39 Å². The lowest BCUT2D eigenvalue weighted by Gasteiger charge is -2.32. The van der Waals surface area contributed by atoms with Gasteiger partial charge in [0.05, 0.1) is 24.0 Å². The zero-order valence-electron chi connectivity index (χ0n) is 21.8. The Bertz CT molecular complexity index is 1420. The van der Waals surface area contributed by atoms with Crippen LogP contribution >= 0.6 is 27.5 Å². The lowest BCUT2D eigenvalue weighted by atomic mass is 9.92. The minimum Gasteiger partial charge on any atom is -0.494 e. The number of anilines is 2.